The third kappa shape index (κ3) is 9.18. The number of halogens is 1. The highest BCUT2D eigenvalue weighted by Gasteiger charge is 2.26. The molecule has 3 heterocycles. The topological polar surface area (TPSA) is 275 Å². The van der Waals surface area contributed by atoms with Gasteiger partial charge in [-0.15, -0.1) is 10.2 Å². The number of carbonyl (C=O) groups is 3. The third-order valence-electron chi connectivity index (χ3n) is 7.81. The van der Waals surface area contributed by atoms with Crippen LogP contribution in [0.3, 0.4) is 0 Å². The average molecular weight is 823 g/mol. The second-order valence-corrected chi connectivity index (χ2v) is 14.9. The van der Waals surface area contributed by atoms with E-state index in [0.717, 1.165) is 21.9 Å². The fourth-order valence-electron chi connectivity index (χ4n) is 5.29. The first kappa shape index (κ1) is 39.1. The van der Waals surface area contributed by atoms with Crippen LogP contribution >= 0.6 is 22.9 Å². The smallest absolute Gasteiger partial charge is 0.414 e. The van der Waals surface area contributed by atoms with Gasteiger partial charge in [0.1, 0.15) is 13.1 Å². The van der Waals surface area contributed by atoms with E-state index in [1.165, 1.54) is 12.1 Å². The molecule has 0 aliphatic carbocycles. The zero-order valence-corrected chi connectivity index (χ0v) is 30.8. The van der Waals surface area contributed by atoms with Crippen molar-refractivity contribution in [2.45, 2.75) is 17.0 Å². The maximum atomic E-state index is 13.4. The van der Waals surface area contributed by atoms with Crippen molar-refractivity contribution in [2.75, 3.05) is 25.0 Å². The van der Waals surface area contributed by atoms with E-state index < -0.39 is 80.8 Å². The SMILES string of the molecule is O=C(O)CN(CCNS(=O)(=O)c1nnc(-c2ccc(Cl)cc2[N+](=O)[O-])s1)C(=O)Cn1cnc2c(=O)[nH]c(NC(=O)OC(c3ccccc3)c3ccccc3)nc21. The number of nitrogens with zero attached hydrogens (tertiary/aromatic N) is 7. The maximum Gasteiger partial charge on any atom is 0.414 e. The summed E-state index contributed by atoms with van der Waals surface area (Å²) in [6.45, 7) is -2.31. The number of fused-ring (bicyclic) bond motifs is 1. The lowest BCUT2D eigenvalue weighted by molar-refractivity contribution is -0.384. The normalized spacial score (nSPS) is 11.4. The number of hydrogen-bond acceptors (Lipinski definition) is 14. The number of hydrogen-bond donors (Lipinski definition) is 4. The molecular weight excluding hydrogens is 796 g/mol. The summed E-state index contributed by atoms with van der Waals surface area (Å²) in [7, 11) is -4.37. The van der Waals surface area contributed by atoms with E-state index in [1.54, 1.807) is 48.5 Å². The number of benzene rings is 3. The Morgan fingerprint density at radius 1 is 1.05 bits per heavy atom. The Morgan fingerprint density at radius 3 is 2.38 bits per heavy atom. The van der Waals surface area contributed by atoms with Crippen LogP contribution in [0.5, 0.6) is 0 Å². The van der Waals surface area contributed by atoms with Gasteiger partial charge in [0, 0.05) is 24.2 Å². The number of H-pyrrole nitrogens is 1. The molecule has 0 spiro atoms. The molecule has 0 fully saturated rings. The highest BCUT2D eigenvalue weighted by Crippen LogP contribution is 2.35. The summed E-state index contributed by atoms with van der Waals surface area (Å²) in [6, 6.07) is 21.7. The van der Waals surface area contributed by atoms with E-state index in [0.29, 0.717) is 22.5 Å². The highest BCUT2D eigenvalue weighted by atomic mass is 35.5. The van der Waals surface area contributed by atoms with Crippen molar-refractivity contribution in [3.63, 3.8) is 0 Å². The van der Waals surface area contributed by atoms with E-state index in [9.17, 15) is 42.8 Å². The Balaban J connectivity index is 1.13. The number of nitrogens with one attached hydrogen (secondary N) is 3. The molecule has 0 radical (unpaired) electrons. The molecule has 6 aromatic rings. The number of sulfonamides is 1. The fourth-order valence-corrected chi connectivity index (χ4v) is 7.55. The molecule has 0 atom stereocenters. The van der Waals surface area contributed by atoms with Gasteiger partial charge < -0.3 is 19.3 Å². The minimum absolute atomic E-state index is 0.0114. The van der Waals surface area contributed by atoms with Crippen LogP contribution in [-0.4, -0.2) is 90.7 Å². The highest BCUT2D eigenvalue weighted by molar-refractivity contribution is 7.91. The molecule has 0 aliphatic rings. The first-order valence-electron chi connectivity index (χ1n) is 16.1. The van der Waals surface area contributed by atoms with Gasteiger partial charge in [0.05, 0.1) is 16.8 Å². The first-order chi connectivity index (χ1) is 26.8. The number of nitro benzene ring substituents is 1. The Hall–Kier alpha value is -6.62. The molecule has 20 nitrogen and oxygen atoms in total. The van der Waals surface area contributed by atoms with Crippen LogP contribution in [0.15, 0.2) is 94.3 Å². The van der Waals surface area contributed by atoms with Crippen LogP contribution in [0.4, 0.5) is 16.4 Å². The van der Waals surface area contributed by atoms with E-state index in [2.05, 4.69) is 35.2 Å². The van der Waals surface area contributed by atoms with Crippen molar-refractivity contribution in [1.82, 2.24) is 39.3 Å². The minimum atomic E-state index is -4.37. The molecule has 0 saturated carbocycles. The molecule has 2 amide bonds. The van der Waals surface area contributed by atoms with Gasteiger partial charge in [0.2, 0.25) is 16.2 Å². The van der Waals surface area contributed by atoms with Gasteiger partial charge in [0.25, 0.3) is 21.3 Å². The first-order valence-corrected chi connectivity index (χ1v) is 18.8. The number of nitro groups is 1. The second kappa shape index (κ2) is 16.8. The number of carboxylic acid groups (broad SMARTS) is 1. The summed E-state index contributed by atoms with van der Waals surface area (Å²) in [6.07, 6.45) is -0.652. The van der Waals surface area contributed by atoms with Crippen molar-refractivity contribution in [3.05, 3.63) is 122 Å². The van der Waals surface area contributed by atoms with Gasteiger partial charge >= 0.3 is 12.1 Å². The minimum Gasteiger partial charge on any atom is -0.480 e. The van der Waals surface area contributed by atoms with Crippen LogP contribution < -0.4 is 15.6 Å². The molecular formula is C33H27ClN10O10S2. The number of anilines is 1. The van der Waals surface area contributed by atoms with Gasteiger partial charge in [-0.3, -0.25) is 34.8 Å². The quantitative estimate of drug-likeness (QED) is 0.0854. The lowest BCUT2D eigenvalue weighted by Crippen LogP contribution is -2.42. The predicted molar refractivity (Wildman–Crippen MR) is 199 cm³/mol. The fraction of sp³-hybridized carbons (Fsp3) is 0.152. The molecule has 3 aromatic heterocycles. The van der Waals surface area contributed by atoms with Crippen molar-refractivity contribution < 1.29 is 37.6 Å². The monoisotopic (exact) mass is 822 g/mol. The van der Waals surface area contributed by atoms with Crippen LogP contribution in [0, 0.1) is 10.1 Å². The summed E-state index contributed by atoms with van der Waals surface area (Å²) in [5, 5.41) is 30.8. The summed E-state index contributed by atoms with van der Waals surface area (Å²) >= 11 is 6.40. The number of carbonyl (C=O) groups excluding carboxylic acids is 2. The number of aromatic amines is 1. The molecule has 0 bridgehead atoms. The summed E-state index contributed by atoms with van der Waals surface area (Å²) in [5.41, 5.74) is -0.158. The molecule has 0 saturated heterocycles. The molecule has 23 heteroatoms. The summed E-state index contributed by atoms with van der Waals surface area (Å²) in [5.74, 6) is -2.55. The number of ether oxygens (including phenoxy) is 1. The molecule has 288 valence electrons. The second-order valence-electron chi connectivity index (χ2n) is 11.6. The Kier molecular flexibility index (Phi) is 11.7. The average Bonchev–Trinajstić information content (AvgIpc) is 3.83. The number of imidazole rings is 1. The molecule has 3 aromatic carbocycles. The number of amides is 2. The van der Waals surface area contributed by atoms with E-state index in [-0.39, 0.29) is 32.7 Å². The molecule has 6 rings (SSSR count). The van der Waals surface area contributed by atoms with Crippen molar-refractivity contribution >= 4 is 73.7 Å². The van der Waals surface area contributed by atoms with Crippen LogP contribution in [0.25, 0.3) is 21.7 Å². The van der Waals surface area contributed by atoms with Gasteiger partial charge in [-0.2, -0.15) is 4.98 Å². The zero-order valence-electron chi connectivity index (χ0n) is 28.4. The summed E-state index contributed by atoms with van der Waals surface area (Å²) in [4.78, 5) is 73.2. The van der Waals surface area contributed by atoms with Gasteiger partial charge in [0.15, 0.2) is 22.3 Å². The molecule has 4 N–H and O–H groups in total. The predicted octanol–water partition coefficient (Wildman–Crippen LogP) is 3.43. The third-order valence-corrected chi connectivity index (χ3v) is 10.8. The number of aliphatic carboxylic acids is 1. The largest absolute Gasteiger partial charge is 0.480 e. The zero-order chi connectivity index (χ0) is 40.0. The molecule has 0 aliphatic heterocycles. The standard InChI is InChI=1S/C33H27ClN10O10S2/c34-21-11-12-22(23(15-21)44(50)51)30-40-41-33(55-30)56(52,53)36-13-14-42(17-25(46)47)24(45)16-43-18-35-26-28(43)37-31(38-29(26)48)39-32(49)54-27(19-7-3-1-4-8-19)20-9-5-2-6-10-20/h1-12,15,18,27,36H,13-14,16-17H2,(H,46,47)(H2,37,38,39,48,49). The van der Waals surface area contributed by atoms with E-state index in [1.807, 2.05) is 12.1 Å². The molecule has 0 unspecified atom stereocenters. The lowest BCUT2D eigenvalue weighted by atomic mass is 10.0. The Labute approximate surface area is 324 Å². The number of carboxylic acids is 1. The van der Waals surface area contributed by atoms with Crippen LogP contribution in [0.1, 0.15) is 17.2 Å². The van der Waals surface area contributed by atoms with Crippen molar-refractivity contribution in [2.24, 2.45) is 0 Å². The van der Waals surface area contributed by atoms with Crippen molar-refractivity contribution in [1.29, 1.82) is 0 Å². The Bertz CT molecular complexity index is 2560. The molecule has 56 heavy (non-hydrogen) atoms. The Morgan fingerprint density at radius 2 is 1.73 bits per heavy atom. The maximum absolute atomic E-state index is 13.4. The van der Waals surface area contributed by atoms with Crippen LogP contribution in [0.2, 0.25) is 5.02 Å². The lowest BCUT2D eigenvalue weighted by Gasteiger charge is -2.21. The van der Waals surface area contributed by atoms with Crippen LogP contribution in [-0.2, 0) is 30.9 Å². The summed E-state index contributed by atoms with van der Waals surface area (Å²) < 4.78 is 34.5. The van der Waals surface area contributed by atoms with Gasteiger partial charge in [-0.25, -0.2) is 22.9 Å². The number of rotatable bonds is 15. The van der Waals surface area contributed by atoms with Crippen molar-refractivity contribution in [3.8, 4) is 10.6 Å². The van der Waals surface area contributed by atoms with E-state index in [4.69, 9.17) is 16.3 Å². The van der Waals surface area contributed by atoms with Gasteiger partial charge in [-0.1, -0.05) is 83.6 Å². The number of aromatic nitrogens is 6. The van der Waals surface area contributed by atoms with E-state index >= 15 is 0 Å². The van der Waals surface area contributed by atoms with Gasteiger partial charge in [-0.05, 0) is 23.3 Å².